The van der Waals surface area contributed by atoms with Gasteiger partial charge in [0.25, 0.3) is 0 Å². The van der Waals surface area contributed by atoms with Gasteiger partial charge in [0, 0.05) is 48.4 Å². The van der Waals surface area contributed by atoms with Gasteiger partial charge in [0.1, 0.15) is 0 Å². The molecule has 1 saturated heterocycles. The number of Topliss-reactive ketones (excluding diaryl/α,β-unsaturated/α-hetero) is 1. The number of aliphatic hydroxyl groups excluding tert-OH is 1. The number of β-amino-alcohol motifs (C(OH)–C–C–N with tert-alkyl or cyclic N) is 1. The Bertz CT molecular complexity index is 457. The van der Waals surface area contributed by atoms with Gasteiger partial charge >= 0.3 is 0 Å². The zero-order chi connectivity index (χ0) is 13.8. The zero-order valence-electron chi connectivity index (χ0n) is 11.1. The number of carbonyl (C=O) groups excluding carboxylic acids is 1. The van der Waals surface area contributed by atoms with E-state index in [1.54, 1.807) is 6.92 Å². The molecule has 2 rings (SSSR count). The molecule has 0 amide bonds. The van der Waals surface area contributed by atoms with Crippen LogP contribution in [0.5, 0.6) is 0 Å². The maximum absolute atomic E-state index is 11.7. The Kier molecular flexibility index (Phi) is 4.96. The molecule has 0 unspecified atom stereocenters. The maximum atomic E-state index is 11.7. The molecule has 1 aliphatic rings. The third-order valence-electron chi connectivity index (χ3n) is 3.47. The van der Waals surface area contributed by atoms with Gasteiger partial charge in [-0.05, 0) is 25.1 Å². The molecule has 5 heteroatoms. The summed E-state index contributed by atoms with van der Waals surface area (Å²) in [4.78, 5) is 16.2. The highest BCUT2D eigenvalue weighted by Crippen LogP contribution is 2.26. The normalized spacial score (nSPS) is 16.7. The predicted octanol–water partition coefficient (Wildman–Crippen LogP) is 1.77. The van der Waals surface area contributed by atoms with Crippen molar-refractivity contribution in [2.24, 2.45) is 0 Å². The van der Waals surface area contributed by atoms with E-state index in [0.717, 1.165) is 48.4 Å². The number of halogens is 1. The molecular weight excluding hydrogens is 308 g/mol. The minimum Gasteiger partial charge on any atom is -0.395 e. The van der Waals surface area contributed by atoms with E-state index in [0.29, 0.717) is 0 Å². The fourth-order valence-electron chi connectivity index (χ4n) is 2.42. The molecule has 0 aliphatic carbocycles. The van der Waals surface area contributed by atoms with Crippen molar-refractivity contribution in [1.29, 1.82) is 0 Å². The molecule has 19 heavy (non-hydrogen) atoms. The van der Waals surface area contributed by atoms with E-state index < -0.39 is 0 Å². The van der Waals surface area contributed by atoms with Crippen LogP contribution >= 0.6 is 15.9 Å². The van der Waals surface area contributed by atoms with Gasteiger partial charge < -0.3 is 10.0 Å². The lowest BCUT2D eigenvalue weighted by molar-refractivity contribution is 0.101. The monoisotopic (exact) mass is 326 g/mol. The quantitative estimate of drug-likeness (QED) is 0.856. The Morgan fingerprint density at radius 3 is 2.58 bits per heavy atom. The van der Waals surface area contributed by atoms with Crippen LogP contribution in [0.4, 0.5) is 5.69 Å². The minimum absolute atomic E-state index is 0.0975. The summed E-state index contributed by atoms with van der Waals surface area (Å²) in [6.45, 7) is 6.15. The number of benzene rings is 1. The fourth-order valence-corrected chi connectivity index (χ4v) is 2.77. The van der Waals surface area contributed by atoms with Crippen LogP contribution in [0.15, 0.2) is 22.7 Å². The van der Waals surface area contributed by atoms with E-state index in [2.05, 4.69) is 25.7 Å². The number of hydrogen-bond acceptors (Lipinski definition) is 4. The Hall–Kier alpha value is -0.910. The van der Waals surface area contributed by atoms with Crippen LogP contribution in [0.1, 0.15) is 17.3 Å². The predicted molar refractivity (Wildman–Crippen MR) is 79.9 cm³/mol. The zero-order valence-corrected chi connectivity index (χ0v) is 12.7. The van der Waals surface area contributed by atoms with Gasteiger partial charge in [-0.3, -0.25) is 9.69 Å². The van der Waals surface area contributed by atoms with Crippen LogP contribution in [0, 0.1) is 0 Å². The number of piperazine rings is 1. The highest BCUT2D eigenvalue weighted by molar-refractivity contribution is 9.10. The van der Waals surface area contributed by atoms with E-state index in [9.17, 15) is 4.79 Å². The van der Waals surface area contributed by atoms with Crippen molar-refractivity contribution < 1.29 is 9.90 Å². The topological polar surface area (TPSA) is 43.8 Å². The van der Waals surface area contributed by atoms with Crippen molar-refractivity contribution in [3.63, 3.8) is 0 Å². The summed E-state index contributed by atoms with van der Waals surface area (Å²) in [5, 5.41) is 8.95. The van der Waals surface area contributed by atoms with Crippen molar-refractivity contribution in [1.82, 2.24) is 4.90 Å². The van der Waals surface area contributed by atoms with Crippen LogP contribution in [-0.2, 0) is 0 Å². The molecule has 104 valence electrons. The van der Waals surface area contributed by atoms with Gasteiger partial charge in [0.05, 0.1) is 6.61 Å². The summed E-state index contributed by atoms with van der Waals surface area (Å²) in [5.41, 5.74) is 1.78. The first-order chi connectivity index (χ1) is 9.11. The molecule has 1 aliphatic heterocycles. The summed E-state index contributed by atoms with van der Waals surface area (Å²) in [6.07, 6.45) is 0. The third-order valence-corrected chi connectivity index (χ3v) is 3.96. The van der Waals surface area contributed by atoms with E-state index in [-0.39, 0.29) is 12.4 Å². The Morgan fingerprint density at radius 2 is 2.00 bits per heavy atom. The molecule has 1 N–H and O–H groups in total. The van der Waals surface area contributed by atoms with E-state index in [1.807, 2.05) is 18.2 Å². The van der Waals surface area contributed by atoms with Crippen LogP contribution in [0.3, 0.4) is 0 Å². The molecule has 0 saturated carbocycles. The minimum atomic E-state index is 0.0975. The number of aliphatic hydroxyl groups is 1. The number of nitrogens with zero attached hydrogens (tertiary/aromatic N) is 2. The first-order valence-corrected chi connectivity index (χ1v) is 7.30. The Labute approximate surface area is 122 Å². The van der Waals surface area contributed by atoms with Crippen LogP contribution < -0.4 is 4.90 Å². The second-order valence-corrected chi connectivity index (χ2v) is 5.69. The molecule has 1 fully saturated rings. The standard InChI is InChI=1S/C14H19BrN2O2/c1-11(19)13-3-2-12(15)10-14(13)17-6-4-16(5-7-17)8-9-18/h2-3,10,18H,4-9H2,1H3. The lowest BCUT2D eigenvalue weighted by atomic mass is 10.1. The molecule has 0 atom stereocenters. The van der Waals surface area contributed by atoms with Gasteiger partial charge in [-0.25, -0.2) is 0 Å². The lowest BCUT2D eigenvalue weighted by Crippen LogP contribution is -2.47. The van der Waals surface area contributed by atoms with Crippen molar-refractivity contribution in [3.05, 3.63) is 28.2 Å². The number of hydrogen-bond donors (Lipinski definition) is 1. The average molecular weight is 327 g/mol. The van der Waals surface area contributed by atoms with Crippen LogP contribution in [0.2, 0.25) is 0 Å². The molecule has 0 spiro atoms. The maximum Gasteiger partial charge on any atom is 0.161 e. The van der Waals surface area contributed by atoms with Gasteiger partial charge in [0.15, 0.2) is 5.78 Å². The first kappa shape index (κ1) is 14.5. The van der Waals surface area contributed by atoms with Crippen LogP contribution in [-0.4, -0.2) is 55.1 Å². The van der Waals surface area contributed by atoms with Gasteiger partial charge in [-0.1, -0.05) is 15.9 Å². The van der Waals surface area contributed by atoms with E-state index in [1.165, 1.54) is 0 Å². The van der Waals surface area contributed by atoms with Gasteiger partial charge in [-0.15, -0.1) is 0 Å². The van der Waals surface area contributed by atoms with Gasteiger partial charge in [-0.2, -0.15) is 0 Å². The second kappa shape index (κ2) is 6.50. The molecule has 1 aromatic carbocycles. The van der Waals surface area contributed by atoms with Crippen molar-refractivity contribution >= 4 is 27.4 Å². The number of rotatable bonds is 4. The lowest BCUT2D eigenvalue weighted by Gasteiger charge is -2.36. The molecule has 0 bridgehead atoms. The summed E-state index contributed by atoms with van der Waals surface area (Å²) >= 11 is 3.47. The van der Waals surface area contributed by atoms with Crippen molar-refractivity contribution in [3.8, 4) is 0 Å². The summed E-state index contributed by atoms with van der Waals surface area (Å²) in [6, 6.07) is 5.79. The van der Waals surface area contributed by atoms with E-state index >= 15 is 0 Å². The summed E-state index contributed by atoms with van der Waals surface area (Å²) in [7, 11) is 0. The number of ketones is 1. The molecule has 0 radical (unpaired) electrons. The fraction of sp³-hybridized carbons (Fsp3) is 0.500. The second-order valence-electron chi connectivity index (χ2n) is 4.77. The molecular formula is C14H19BrN2O2. The largest absolute Gasteiger partial charge is 0.395 e. The smallest absolute Gasteiger partial charge is 0.161 e. The highest BCUT2D eigenvalue weighted by atomic mass is 79.9. The molecule has 1 aromatic rings. The van der Waals surface area contributed by atoms with E-state index in [4.69, 9.17) is 5.11 Å². The highest BCUT2D eigenvalue weighted by Gasteiger charge is 2.20. The molecule has 1 heterocycles. The van der Waals surface area contributed by atoms with Crippen molar-refractivity contribution in [2.75, 3.05) is 44.2 Å². The first-order valence-electron chi connectivity index (χ1n) is 6.50. The molecule has 4 nitrogen and oxygen atoms in total. The number of carbonyl (C=O) groups is 1. The molecule has 0 aromatic heterocycles. The third kappa shape index (κ3) is 3.55. The SMILES string of the molecule is CC(=O)c1ccc(Br)cc1N1CCN(CCO)CC1. The Balaban J connectivity index is 2.14. The average Bonchev–Trinajstić information content (AvgIpc) is 2.39. The summed E-state index contributed by atoms with van der Waals surface area (Å²) < 4.78 is 0.991. The van der Waals surface area contributed by atoms with Crippen LogP contribution in [0.25, 0.3) is 0 Å². The summed E-state index contributed by atoms with van der Waals surface area (Å²) in [5.74, 6) is 0.0975. The number of anilines is 1. The Morgan fingerprint density at radius 1 is 1.32 bits per heavy atom. The van der Waals surface area contributed by atoms with Gasteiger partial charge in [0.2, 0.25) is 0 Å². The van der Waals surface area contributed by atoms with Crippen molar-refractivity contribution in [2.45, 2.75) is 6.92 Å².